The smallest absolute Gasteiger partial charge is 0.137 e. The molecule has 2 aromatic rings. The Balaban J connectivity index is 1.54. The summed E-state index contributed by atoms with van der Waals surface area (Å²) in [5.41, 5.74) is 3.69. The Morgan fingerprint density at radius 1 is 1.24 bits per heavy atom. The maximum absolute atomic E-state index is 5.63. The zero-order chi connectivity index (χ0) is 14.1. The predicted octanol–water partition coefficient (Wildman–Crippen LogP) is 2.61. The highest BCUT2D eigenvalue weighted by atomic mass is 16.5. The number of aromatic amines is 1. The first-order chi connectivity index (χ1) is 10.4. The SMILES string of the molecule is c1ccc(-c2nc3c([nH]2)CN([C@H]2CCCOC2)CC3)cc1. The Labute approximate surface area is 125 Å². The van der Waals surface area contributed by atoms with Gasteiger partial charge in [0.25, 0.3) is 0 Å². The number of fused-ring (bicyclic) bond motifs is 1. The monoisotopic (exact) mass is 283 g/mol. The van der Waals surface area contributed by atoms with Crippen LogP contribution in [0, 0.1) is 0 Å². The maximum Gasteiger partial charge on any atom is 0.137 e. The molecule has 2 aliphatic heterocycles. The zero-order valence-electron chi connectivity index (χ0n) is 12.2. The molecule has 0 spiro atoms. The molecule has 110 valence electrons. The summed E-state index contributed by atoms with van der Waals surface area (Å²) >= 11 is 0. The number of imidazole rings is 1. The third-order valence-electron chi connectivity index (χ3n) is 4.56. The Hall–Kier alpha value is -1.65. The van der Waals surface area contributed by atoms with E-state index in [2.05, 4.69) is 34.1 Å². The van der Waals surface area contributed by atoms with E-state index >= 15 is 0 Å². The molecule has 1 saturated heterocycles. The third kappa shape index (κ3) is 2.61. The van der Waals surface area contributed by atoms with Crippen molar-refractivity contribution in [1.82, 2.24) is 14.9 Å². The van der Waals surface area contributed by atoms with Crippen molar-refractivity contribution in [3.63, 3.8) is 0 Å². The first-order valence-corrected chi connectivity index (χ1v) is 7.85. The molecule has 0 bridgehead atoms. The first-order valence-electron chi connectivity index (χ1n) is 7.85. The minimum Gasteiger partial charge on any atom is -0.380 e. The van der Waals surface area contributed by atoms with Crippen molar-refractivity contribution < 1.29 is 4.74 Å². The number of hydrogen-bond acceptors (Lipinski definition) is 3. The lowest BCUT2D eigenvalue weighted by Crippen LogP contribution is -2.43. The van der Waals surface area contributed by atoms with Crippen LogP contribution in [0.4, 0.5) is 0 Å². The second-order valence-corrected chi connectivity index (χ2v) is 5.97. The fourth-order valence-corrected chi connectivity index (χ4v) is 3.37. The van der Waals surface area contributed by atoms with E-state index in [1.54, 1.807) is 0 Å². The average molecular weight is 283 g/mol. The van der Waals surface area contributed by atoms with Crippen LogP contribution in [0.15, 0.2) is 30.3 Å². The van der Waals surface area contributed by atoms with Crippen LogP contribution in [-0.2, 0) is 17.7 Å². The summed E-state index contributed by atoms with van der Waals surface area (Å²) in [6.07, 6.45) is 3.48. The van der Waals surface area contributed by atoms with Crippen molar-refractivity contribution in [1.29, 1.82) is 0 Å². The highest BCUT2D eigenvalue weighted by Gasteiger charge is 2.27. The van der Waals surface area contributed by atoms with Gasteiger partial charge in [-0.1, -0.05) is 30.3 Å². The number of benzene rings is 1. The van der Waals surface area contributed by atoms with Crippen LogP contribution in [-0.4, -0.2) is 40.7 Å². The van der Waals surface area contributed by atoms with Gasteiger partial charge in [-0.25, -0.2) is 4.98 Å². The average Bonchev–Trinajstić information content (AvgIpc) is 2.99. The van der Waals surface area contributed by atoms with Gasteiger partial charge >= 0.3 is 0 Å². The van der Waals surface area contributed by atoms with Gasteiger partial charge < -0.3 is 9.72 Å². The van der Waals surface area contributed by atoms with Crippen molar-refractivity contribution in [3.8, 4) is 11.4 Å². The lowest BCUT2D eigenvalue weighted by molar-refractivity contribution is 0.0119. The van der Waals surface area contributed by atoms with E-state index in [4.69, 9.17) is 9.72 Å². The number of hydrogen-bond donors (Lipinski definition) is 1. The van der Waals surface area contributed by atoms with Gasteiger partial charge in [0.15, 0.2) is 0 Å². The van der Waals surface area contributed by atoms with Crippen LogP contribution in [0.5, 0.6) is 0 Å². The fourth-order valence-electron chi connectivity index (χ4n) is 3.37. The number of H-pyrrole nitrogens is 1. The summed E-state index contributed by atoms with van der Waals surface area (Å²) in [6.45, 7) is 3.89. The summed E-state index contributed by atoms with van der Waals surface area (Å²) in [5.74, 6) is 1.00. The van der Waals surface area contributed by atoms with Crippen molar-refractivity contribution in [2.75, 3.05) is 19.8 Å². The van der Waals surface area contributed by atoms with Crippen LogP contribution >= 0.6 is 0 Å². The number of nitrogens with zero attached hydrogens (tertiary/aromatic N) is 2. The summed E-state index contributed by atoms with van der Waals surface area (Å²) in [5, 5.41) is 0. The van der Waals surface area contributed by atoms with Gasteiger partial charge in [-0.3, -0.25) is 4.90 Å². The number of aromatic nitrogens is 2. The Kier molecular flexibility index (Phi) is 3.49. The third-order valence-corrected chi connectivity index (χ3v) is 4.56. The largest absolute Gasteiger partial charge is 0.380 e. The highest BCUT2D eigenvalue weighted by molar-refractivity contribution is 5.55. The molecule has 1 atom stereocenters. The standard InChI is InChI=1S/C17H21N3O/c1-2-5-13(6-3-1)17-18-15-8-9-20(11-16(15)19-17)14-7-4-10-21-12-14/h1-3,5-6,14H,4,7-12H2,(H,18,19)/t14-/m0/s1. The van der Waals surface area contributed by atoms with E-state index in [1.165, 1.54) is 29.8 Å². The van der Waals surface area contributed by atoms with E-state index in [-0.39, 0.29) is 0 Å². The summed E-state index contributed by atoms with van der Waals surface area (Å²) in [4.78, 5) is 10.9. The van der Waals surface area contributed by atoms with Crippen LogP contribution < -0.4 is 0 Å². The molecule has 0 amide bonds. The van der Waals surface area contributed by atoms with Gasteiger partial charge in [0, 0.05) is 37.7 Å². The van der Waals surface area contributed by atoms with Gasteiger partial charge in [-0.05, 0) is 12.8 Å². The Morgan fingerprint density at radius 2 is 2.14 bits per heavy atom. The molecule has 3 heterocycles. The zero-order valence-corrected chi connectivity index (χ0v) is 12.2. The van der Waals surface area contributed by atoms with Crippen LogP contribution in [0.2, 0.25) is 0 Å². The van der Waals surface area contributed by atoms with Crippen LogP contribution in [0.1, 0.15) is 24.2 Å². The minimum absolute atomic E-state index is 0.579. The van der Waals surface area contributed by atoms with E-state index < -0.39 is 0 Å². The Morgan fingerprint density at radius 3 is 2.95 bits per heavy atom. The van der Waals surface area contributed by atoms with E-state index in [1.807, 2.05) is 6.07 Å². The highest BCUT2D eigenvalue weighted by Crippen LogP contribution is 2.25. The topological polar surface area (TPSA) is 41.2 Å². The molecule has 0 unspecified atom stereocenters. The lowest BCUT2D eigenvalue weighted by atomic mass is 10.0. The Bertz CT molecular complexity index is 602. The molecule has 0 saturated carbocycles. The van der Waals surface area contributed by atoms with E-state index in [9.17, 15) is 0 Å². The van der Waals surface area contributed by atoms with Crippen molar-refractivity contribution in [2.45, 2.75) is 31.8 Å². The molecule has 0 radical (unpaired) electrons. The van der Waals surface area contributed by atoms with Crippen LogP contribution in [0.3, 0.4) is 0 Å². The molecular formula is C17H21N3O. The lowest BCUT2D eigenvalue weighted by Gasteiger charge is -2.35. The van der Waals surface area contributed by atoms with Gasteiger partial charge in [-0.2, -0.15) is 0 Å². The quantitative estimate of drug-likeness (QED) is 0.921. The van der Waals surface area contributed by atoms with E-state index in [0.29, 0.717) is 6.04 Å². The van der Waals surface area contributed by atoms with Gasteiger partial charge in [0.1, 0.15) is 5.82 Å². The van der Waals surface area contributed by atoms with Gasteiger partial charge in [0.2, 0.25) is 0 Å². The van der Waals surface area contributed by atoms with Gasteiger partial charge in [0.05, 0.1) is 18.0 Å². The molecule has 0 aliphatic carbocycles. The van der Waals surface area contributed by atoms with E-state index in [0.717, 1.165) is 38.5 Å². The first kappa shape index (κ1) is 13.0. The second kappa shape index (κ2) is 5.62. The molecule has 1 fully saturated rings. The molecule has 4 rings (SSSR count). The molecule has 4 heteroatoms. The summed E-state index contributed by atoms with van der Waals surface area (Å²) in [6, 6.07) is 11.0. The second-order valence-electron chi connectivity index (χ2n) is 5.97. The molecule has 1 aromatic heterocycles. The molecule has 2 aliphatic rings. The van der Waals surface area contributed by atoms with Crippen LogP contribution in [0.25, 0.3) is 11.4 Å². The number of nitrogens with one attached hydrogen (secondary N) is 1. The minimum atomic E-state index is 0.579. The summed E-state index contributed by atoms with van der Waals surface area (Å²) < 4.78 is 5.63. The van der Waals surface area contributed by atoms with Crippen molar-refractivity contribution in [3.05, 3.63) is 41.7 Å². The van der Waals surface area contributed by atoms with Gasteiger partial charge in [-0.15, -0.1) is 0 Å². The van der Waals surface area contributed by atoms with Crippen molar-refractivity contribution in [2.24, 2.45) is 0 Å². The number of rotatable bonds is 2. The normalized spacial score (nSPS) is 23.0. The summed E-state index contributed by atoms with van der Waals surface area (Å²) in [7, 11) is 0. The van der Waals surface area contributed by atoms with Crippen molar-refractivity contribution >= 4 is 0 Å². The molecule has 1 N–H and O–H groups in total. The molecule has 4 nitrogen and oxygen atoms in total. The maximum atomic E-state index is 5.63. The molecule has 1 aromatic carbocycles. The molecular weight excluding hydrogens is 262 g/mol. The fraction of sp³-hybridized carbons (Fsp3) is 0.471. The molecule has 21 heavy (non-hydrogen) atoms. The predicted molar refractivity (Wildman–Crippen MR) is 82.0 cm³/mol. The number of ether oxygens (including phenoxy) is 1.